The van der Waals surface area contributed by atoms with Crippen molar-refractivity contribution in [3.63, 3.8) is 0 Å². The van der Waals surface area contributed by atoms with Crippen molar-refractivity contribution in [2.45, 2.75) is 45.8 Å². The van der Waals surface area contributed by atoms with Gasteiger partial charge in [-0.2, -0.15) is 5.10 Å². The van der Waals surface area contributed by atoms with E-state index in [0.717, 1.165) is 18.0 Å². The molecule has 1 aliphatic rings. The quantitative estimate of drug-likeness (QED) is 0.876. The summed E-state index contributed by atoms with van der Waals surface area (Å²) in [7, 11) is 0. The van der Waals surface area contributed by atoms with Gasteiger partial charge in [-0.1, -0.05) is 31.2 Å². The van der Waals surface area contributed by atoms with Crippen molar-refractivity contribution < 1.29 is 4.79 Å². The van der Waals surface area contributed by atoms with Gasteiger partial charge in [-0.15, -0.1) is 0 Å². The first kappa shape index (κ1) is 17.6. The number of likely N-dealkylation sites (tertiary alicyclic amines) is 1. The maximum atomic E-state index is 12.2. The molecule has 25 heavy (non-hydrogen) atoms. The van der Waals surface area contributed by atoms with Gasteiger partial charge in [-0.3, -0.25) is 9.69 Å². The van der Waals surface area contributed by atoms with Crippen LogP contribution in [0.5, 0.6) is 0 Å². The first-order valence-corrected chi connectivity index (χ1v) is 9.04. The van der Waals surface area contributed by atoms with Crippen molar-refractivity contribution in [2.24, 2.45) is 5.92 Å². The number of piperidine rings is 1. The second-order valence-corrected chi connectivity index (χ2v) is 7.04. The Morgan fingerprint density at radius 1 is 1.24 bits per heavy atom. The fourth-order valence-electron chi connectivity index (χ4n) is 3.12. The third-order valence-electron chi connectivity index (χ3n) is 4.99. The van der Waals surface area contributed by atoms with E-state index in [1.54, 1.807) is 11.0 Å². The highest BCUT2D eigenvalue weighted by molar-refractivity contribution is 5.79. The van der Waals surface area contributed by atoms with Gasteiger partial charge in [-0.25, -0.2) is 9.67 Å². The summed E-state index contributed by atoms with van der Waals surface area (Å²) in [6.45, 7) is 8.08. The maximum Gasteiger partial charge on any atom is 0.244 e. The van der Waals surface area contributed by atoms with Crippen LogP contribution in [0.3, 0.4) is 0 Å². The molecule has 1 unspecified atom stereocenters. The summed E-state index contributed by atoms with van der Waals surface area (Å²) in [6, 6.07) is 8.18. The number of carbonyl (C=O) groups is 1. The van der Waals surface area contributed by atoms with Crippen LogP contribution < -0.4 is 5.32 Å². The average molecular weight is 341 g/mol. The normalized spacial score (nSPS) is 17.4. The number of nitrogens with zero attached hydrogens (tertiary/aromatic N) is 4. The van der Waals surface area contributed by atoms with Crippen LogP contribution in [-0.4, -0.2) is 38.7 Å². The van der Waals surface area contributed by atoms with Gasteiger partial charge in [0.2, 0.25) is 5.91 Å². The van der Waals surface area contributed by atoms with Crippen LogP contribution in [0.2, 0.25) is 0 Å². The number of aromatic nitrogens is 3. The van der Waals surface area contributed by atoms with Gasteiger partial charge in [0, 0.05) is 13.1 Å². The van der Waals surface area contributed by atoms with Crippen molar-refractivity contribution in [3.05, 3.63) is 48.0 Å². The lowest BCUT2D eigenvalue weighted by molar-refractivity contribution is -0.124. The molecule has 2 aromatic rings. The molecule has 1 saturated heterocycles. The summed E-state index contributed by atoms with van der Waals surface area (Å²) >= 11 is 0. The van der Waals surface area contributed by atoms with Crippen molar-refractivity contribution in [2.75, 3.05) is 13.1 Å². The maximum absolute atomic E-state index is 12.2. The van der Waals surface area contributed by atoms with E-state index in [2.05, 4.69) is 51.5 Å². The summed E-state index contributed by atoms with van der Waals surface area (Å²) in [5.41, 5.74) is 2.44. The standard InChI is InChI=1S/C19H27N5O/c1-15-7-9-23(10-8-15)12-18-5-3-17(4-6-18)11-21-19(25)16(2)24-14-20-13-22-24/h3-6,13-16H,7-12H2,1-2H3,(H,21,25). The van der Waals surface area contributed by atoms with Gasteiger partial charge < -0.3 is 5.32 Å². The molecule has 6 heteroatoms. The smallest absolute Gasteiger partial charge is 0.244 e. The molecule has 1 atom stereocenters. The molecule has 1 aromatic carbocycles. The van der Waals surface area contributed by atoms with Gasteiger partial charge in [0.1, 0.15) is 18.7 Å². The minimum absolute atomic E-state index is 0.0583. The number of nitrogens with one attached hydrogen (secondary N) is 1. The number of benzene rings is 1. The summed E-state index contributed by atoms with van der Waals surface area (Å²) in [6.07, 6.45) is 5.59. The van der Waals surface area contributed by atoms with E-state index < -0.39 is 0 Å². The molecule has 1 aromatic heterocycles. The molecule has 0 radical (unpaired) electrons. The Balaban J connectivity index is 1.47. The minimum atomic E-state index is -0.358. The molecule has 3 rings (SSSR count). The fraction of sp³-hybridized carbons (Fsp3) is 0.526. The third-order valence-corrected chi connectivity index (χ3v) is 4.99. The molecule has 1 aliphatic heterocycles. The molecule has 0 aliphatic carbocycles. The van der Waals surface area contributed by atoms with Crippen molar-refractivity contribution in [1.82, 2.24) is 25.0 Å². The Bertz CT molecular complexity index is 660. The minimum Gasteiger partial charge on any atom is -0.350 e. The first-order chi connectivity index (χ1) is 12.1. The van der Waals surface area contributed by atoms with Crippen LogP contribution >= 0.6 is 0 Å². The number of hydrogen-bond donors (Lipinski definition) is 1. The molecule has 6 nitrogen and oxygen atoms in total. The predicted molar refractivity (Wildman–Crippen MR) is 96.7 cm³/mol. The van der Waals surface area contributed by atoms with E-state index in [1.165, 1.54) is 37.8 Å². The lowest BCUT2D eigenvalue weighted by Gasteiger charge is -2.30. The van der Waals surface area contributed by atoms with Crippen LogP contribution in [0.15, 0.2) is 36.9 Å². The lowest BCUT2D eigenvalue weighted by atomic mass is 9.99. The van der Waals surface area contributed by atoms with Gasteiger partial charge >= 0.3 is 0 Å². The van der Waals surface area contributed by atoms with Crippen LogP contribution in [-0.2, 0) is 17.9 Å². The van der Waals surface area contributed by atoms with E-state index >= 15 is 0 Å². The third kappa shape index (κ3) is 4.89. The molecule has 0 saturated carbocycles. The second kappa shape index (κ2) is 8.25. The Morgan fingerprint density at radius 3 is 2.56 bits per heavy atom. The van der Waals surface area contributed by atoms with E-state index in [9.17, 15) is 4.79 Å². The number of rotatable bonds is 6. The Labute approximate surface area is 149 Å². The van der Waals surface area contributed by atoms with Crippen molar-refractivity contribution in [3.8, 4) is 0 Å². The van der Waals surface area contributed by atoms with E-state index in [4.69, 9.17) is 0 Å². The average Bonchev–Trinajstić information content (AvgIpc) is 3.17. The molecular formula is C19H27N5O. The highest BCUT2D eigenvalue weighted by Crippen LogP contribution is 2.18. The van der Waals surface area contributed by atoms with E-state index in [-0.39, 0.29) is 11.9 Å². The molecule has 1 fully saturated rings. The number of amides is 1. The molecule has 1 N–H and O–H groups in total. The Hall–Kier alpha value is -2.21. The number of hydrogen-bond acceptors (Lipinski definition) is 4. The fourth-order valence-corrected chi connectivity index (χ4v) is 3.12. The summed E-state index contributed by atoms with van der Waals surface area (Å²) in [5, 5.41) is 6.96. The predicted octanol–water partition coefficient (Wildman–Crippen LogP) is 2.39. The van der Waals surface area contributed by atoms with Crippen LogP contribution in [0.1, 0.15) is 43.9 Å². The molecule has 1 amide bonds. The molecule has 0 bridgehead atoms. The highest BCUT2D eigenvalue weighted by Gasteiger charge is 2.16. The van der Waals surface area contributed by atoms with Gasteiger partial charge in [0.25, 0.3) is 0 Å². The van der Waals surface area contributed by atoms with Crippen molar-refractivity contribution >= 4 is 5.91 Å². The molecular weight excluding hydrogens is 314 g/mol. The summed E-state index contributed by atoms with van der Waals surface area (Å²) < 4.78 is 1.55. The van der Waals surface area contributed by atoms with Gasteiger partial charge in [0.15, 0.2) is 0 Å². The van der Waals surface area contributed by atoms with E-state index in [0.29, 0.717) is 6.54 Å². The van der Waals surface area contributed by atoms with Crippen LogP contribution in [0.4, 0.5) is 0 Å². The molecule has 0 spiro atoms. The topological polar surface area (TPSA) is 63.1 Å². The largest absolute Gasteiger partial charge is 0.350 e. The molecule has 2 heterocycles. The summed E-state index contributed by atoms with van der Waals surface area (Å²) in [5.74, 6) is 0.805. The first-order valence-electron chi connectivity index (χ1n) is 9.04. The highest BCUT2D eigenvalue weighted by atomic mass is 16.2. The van der Waals surface area contributed by atoms with E-state index in [1.807, 2.05) is 6.92 Å². The zero-order valence-electron chi connectivity index (χ0n) is 15.1. The molecule has 134 valence electrons. The Kier molecular flexibility index (Phi) is 5.81. The van der Waals surface area contributed by atoms with Crippen LogP contribution in [0, 0.1) is 5.92 Å². The number of carbonyl (C=O) groups excluding carboxylic acids is 1. The zero-order chi connectivity index (χ0) is 17.6. The van der Waals surface area contributed by atoms with Crippen LogP contribution in [0.25, 0.3) is 0 Å². The van der Waals surface area contributed by atoms with Crippen molar-refractivity contribution in [1.29, 1.82) is 0 Å². The second-order valence-electron chi connectivity index (χ2n) is 7.04. The SMILES string of the molecule is CC1CCN(Cc2ccc(CNC(=O)C(C)n3cncn3)cc2)CC1. The zero-order valence-corrected chi connectivity index (χ0v) is 15.1. The summed E-state index contributed by atoms with van der Waals surface area (Å²) in [4.78, 5) is 18.6. The van der Waals surface area contributed by atoms with Gasteiger partial charge in [-0.05, 0) is 49.9 Å². The monoisotopic (exact) mass is 341 g/mol. The Morgan fingerprint density at radius 2 is 1.92 bits per heavy atom. The lowest BCUT2D eigenvalue weighted by Crippen LogP contribution is -2.32. The van der Waals surface area contributed by atoms with Gasteiger partial charge in [0.05, 0.1) is 0 Å².